The monoisotopic (exact) mass is 402 g/mol. The lowest BCUT2D eigenvalue weighted by molar-refractivity contribution is 0.492. The molecule has 2 heteroatoms. The second-order valence-electron chi connectivity index (χ2n) is 9.40. The fourth-order valence-corrected chi connectivity index (χ4v) is 4.36. The van der Waals surface area contributed by atoms with Gasteiger partial charge in [0.25, 0.3) is 0 Å². The Morgan fingerprint density at radius 3 is 2.14 bits per heavy atom. The molecule has 0 radical (unpaired) electrons. The van der Waals surface area contributed by atoms with E-state index in [2.05, 4.69) is 114 Å². The van der Waals surface area contributed by atoms with Crippen LogP contribution >= 0.6 is 0 Å². The minimum absolute atomic E-state index is 0.198. The van der Waals surface area contributed by atoms with Crippen LogP contribution in [-0.4, -0.2) is 8.32 Å². The van der Waals surface area contributed by atoms with E-state index in [1.165, 1.54) is 27.8 Å². The topological polar surface area (TPSA) is 9.23 Å². The molecular weight excluding hydrogens is 368 g/mol. The molecule has 0 saturated carbocycles. The normalized spacial score (nSPS) is 12.1. The summed E-state index contributed by atoms with van der Waals surface area (Å²) in [6.07, 6.45) is 1.95. The summed E-state index contributed by atoms with van der Waals surface area (Å²) in [5.41, 5.74) is 6.63. The maximum atomic E-state index is 6.54. The fraction of sp³-hybridized carbons (Fsp3) is 0.333. The summed E-state index contributed by atoms with van der Waals surface area (Å²) in [7, 11) is -1.83. The molecule has 29 heavy (non-hydrogen) atoms. The highest BCUT2D eigenvalue weighted by Gasteiger charge is 2.39. The van der Waals surface area contributed by atoms with E-state index in [1.807, 2.05) is 0 Å². The first-order valence-electron chi connectivity index (χ1n) is 10.6. The van der Waals surface area contributed by atoms with Gasteiger partial charge in [-0.3, -0.25) is 0 Å². The van der Waals surface area contributed by atoms with E-state index in [0.717, 1.165) is 18.6 Å². The molecule has 3 aromatic rings. The fourth-order valence-electron chi connectivity index (χ4n) is 3.34. The second-order valence-corrected chi connectivity index (χ2v) is 14.1. The average molecular weight is 403 g/mol. The van der Waals surface area contributed by atoms with E-state index >= 15 is 0 Å². The Kier molecular flexibility index (Phi) is 6.33. The Hall–Kier alpha value is -2.32. The first kappa shape index (κ1) is 21.4. The molecule has 0 heterocycles. The molecule has 0 atom stereocenters. The summed E-state index contributed by atoms with van der Waals surface area (Å²) in [6.45, 7) is 13.7. The molecule has 3 aromatic carbocycles. The number of hydrogen-bond acceptors (Lipinski definition) is 1. The molecule has 0 amide bonds. The van der Waals surface area contributed by atoms with Crippen molar-refractivity contribution in [3.05, 3.63) is 89.5 Å². The van der Waals surface area contributed by atoms with Crippen molar-refractivity contribution in [1.82, 2.24) is 0 Å². The van der Waals surface area contributed by atoms with Crippen molar-refractivity contribution >= 4 is 8.32 Å². The number of hydrogen-bond donors (Lipinski definition) is 0. The Bertz CT molecular complexity index is 952. The first-order valence-corrected chi connectivity index (χ1v) is 13.6. The number of benzene rings is 3. The van der Waals surface area contributed by atoms with Gasteiger partial charge in [0, 0.05) is 0 Å². The van der Waals surface area contributed by atoms with Crippen molar-refractivity contribution in [3.8, 4) is 16.9 Å². The molecule has 0 bridgehead atoms. The Morgan fingerprint density at radius 2 is 1.48 bits per heavy atom. The lowest BCUT2D eigenvalue weighted by Crippen LogP contribution is -2.43. The van der Waals surface area contributed by atoms with Crippen LogP contribution in [-0.2, 0) is 12.8 Å². The van der Waals surface area contributed by atoms with Crippen molar-refractivity contribution in [2.24, 2.45) is 0 Å². The van der Waals surface area contributed by atoms with Crippen LogP contribution in [0.5, 0.6) is 5.75 Å². The van der Waals surface area contributed by atoms with Crippen molar-refractivity contribution in [3.63, 3.8) is 0 Å². The van der Waals surface area contributed by atoms with E-state index in [4.69, 9.17) is 4.43 Å². The van der Waals surface area contributed by atoms with Gasteiger partial charge in [-0.25, -0.2) is 0 Å². The van der Waals surface area contributed by atoms with Crippen molar-refractivity contribution in [1.29, 1.82) is 0 Å². The van der Waals surface area contributed by atoms with Crippen LogP contribution in [0.2, 0.25) is 18.1 Å². The quantitative estimate of drug-likeness (QED) is 0.381. The molecule has 0 aliphatic rings. The van der Waals surface area contributed by atoms with E-state index < -0.39 is 8.32 Å². The zero-order valence-electron chi connectivity index (χ0n) is 18.8. The highest BCUT2D eigenvalue weighted by molar-refractivity contribution is 6.74. The summed E-state index contributed by atoms with van der Waals surface area (Å²) in [5, 5.41) is 0.198. The van der Waals surface area contributed by atoms with Crippen LogP contribution in [0.3, 0.4) is 0 Å². The molecule has 1 nitrogen and oxygen atoms in total. The van der Waals surface area contributed by atoms with Crippen LogP contribution in [0.15, 0.2) is 72.8 Å². The van der Waals surface area contributed by atoms with Gasteiger partial charge in [-0.15, -0.1) is 0 Å². The van der Waals surface area contributed by atoms with Gasteiger partial charge in [0.05, 0.1) is 0 Å². The second kappa shape index (κ2) is 8.58. The van der Waals surface area contributed by atoms with E-state index in [0.29, 0.717) is 0 Å². The van der Waals surface area contributed by atoms with Crippen LogP contribution in [0.25, 0.3) is 11.1 Å². The number of aryl methyl sites for hydroxylation is 1. The SMILES string of the molecule is CCc1cc(O[Si](C)(C)C(C)(C)C)ccc1-c1cccc(Cc2ccccc2)c1. The Labute approximate surface area is 177 Å². The van der Waals surface area contributed by atoms with Gasteiger partial charge in [0.2, 0.25) is 8.32 Å². The molecule has 0 aliphatic carbocycles. The smallest absolute Gasteiger partial charge is 0.250 e. The molecule has 0 saturated heterocycles. The maximum Gasteiger partial charge on any atom is 0.250 e. The molecule has 0 unspecified atom stereocenters. The lowest BCUT2D eigenvalue weighted by Gasteiger charge is -2.36. The molecule has 0 aliphatic heterocycles. The van der Waals surface area contributed by atoms with Gasteiger partial charge in [-0.05, 0) is 70.9 Å². The number of rotatable bonds is 6. The van der Waals surface area contributed by atoms with E-state index in [-0.39, 0.29) is 5.04 Å². The van der Waals surface area contributed by atoms with Crippen molar-refractivity contribution in [2.45, 2.75) is 58.7 Å². The van der Waals surface area contributed by atoms with E-state index in [9.17, 15) is 0 Å². The summed E-state index contributed by atoms with van der Waals surface area (Å²) in [5.74, 6) is 1.01. The highest BCUT2D eigenvalue weighted by atomic mass is 28.4. The summed E-state index contributed by atoms with van der Waals surface area (Å²) in [6, 6.07) is 26.2. The lowest BCUT2D eigenvalue weighted by atomic mass is 9.95. The molecule has 3 rings (SSSR count). The predicted molar refractivity (Wildman–Crippen MR) is 128 cm³/mol. The van der Waals surface area contributed by atoms with Gasteiger partial charge < -0.3 is 4.43 Å². The van der Waals surface area contributed by atoms with Crippen molar-refractivity contribution in [2.75, 3.05) is 0 Å². The zero-order chi connectivity index (χ0) is 21.1. The predicted octanol–water partition coefficient (Wildman–Crippen LogP) is 7.89. The van der Waals surface area contributed by atoms with Gasteiger partial charge in [-0.2, -0.15) is 0 Å². The Balaban J connectivity index is 1.88. The summed E-state index contributed by atoms with van der Waals surface area (Å²) in [4.78, 5) is 0. The first-order chi connectivity index (χ1) is 13.7. The van der Waals surface area contributed by atoms with Gasteiger partial charge in [-0.1, -0.05) is 88.4 Å². The molecular formula is C27H34OSi. The standard InChI is InChI=1S/C27H34OSi/c1-7-23-20-25(28-29(5,6)27(2,3)4)16-17-26(23)24-15-11-14-22(19-24)18-21-12-9-8-10-13-21/h8-17,19-20H,7,18H2,1-6H3. The molecule has 0 aromatic heterocycles. The third-order valence-corrected chi connectivity index (χ3v) is 10.5. The minimum atomic E-state index is -1.83. The summed E-state index contributed by atoms with van der Waals surface area (Å²) >= 11 is 0. The van der Waals surface area contributed by atoms with Crippen LogP contribution in [0, 0.1) is 0 Å². The zero-order valence-corrected chi connectivity index (χ0v) is 19.8. The van der Waals surface area contributed by atoms with Gasteiger partial charge >= 0.3 is 0 Å². The largest absolute Gasteiger partial charge is 0.543 e. The van der Waals surface area contributed by atoms with Crippen molar-refractivity contribution < 1.29 is 4.43 Å². The third-order valence-electron chi connectivity index (χ3n) is 6.13. The molecule has 0 N–H and O–H groups in total. The molecule has 0 spiro atoms. The Morgan fingerprint density at radius 1 is 0.793 bits per heavy atom. The van der Waals surface area contributed by atoms with Crippen LogP contribution < -0.4 is 4.43 Å². The average Bonchev–Trinajstić information content (AvgIpc) is 2.67. The van der Waals surface area contributed by atoms with Gasteiger partial charge in [0.1, 0.15) is 5.75 Å². The van der Waals surface area contributed by atoms with E-state index in [1.54, 1.807) is 0 Å². The maximum absolute atomic E-state index is 6.54. The minimum Gasteiger partial charge on any atom is -0.543 e. The van der Waals surface area contributed by atoms with Gasteiger partial charge in [0.15, 0.2) is 0 Å². The molecule has 152 valence electrons. The molecule has 0 fully saturated rings. The van der Waals surface area contributed by atoms with Crippen LogP contribution in [0.4, 0.5) is 0 Å². The van der Waals surface area contributed by atoms with Crippen LogP contribution in [0.1, 0.15) is 44.4 Å². The third kappa shape index (κ3) is 5.19. The summed E-state index contributed by atoms with van der Waals surface area (Å²) < 4.78 is 6.54. The highest BCUT2D eigenvalue weighted by Crippen LogP contribution is 2.38.